The Morgan fingerprint density at radius 1 is 1.56 bits per heavy atom. The summed E-state index contributed by atoms with van der Waals surface area (Å²) in [6.45, 7) is 5.10. The van der Waals surface area contributed by atoms with Crippen LogP contribution in [-0.4, -0.2) is 23.1 Å². The van der Waals surface area contributed by atoms with Gasteiger partial charge in [-0.05, 0) is 31.0 Å². The summed E-state index contributed by atoms with van der Waals surface area (Å²) in [7, 11) is 0. The van der Waals surface area contributed by atoms with Crippen molar-refractivity contribution in [2.45, 2.75) is 31.1 Å². The van der Waals surface area contributed by atoms with Crippen molar-refractivity contribution in [3.05, 3.63) is 29.8 Å². The molecule has 0 bridgehead atoms. The van der Waals surface area contributed by atoms with E-state index in [1.54, 1.807) is 0 Å². The number of thioether (sulfide) groups is 1. The normalized spacial score (nSPS) is 29.3. The van der Waals surface area contributed by atoms with E-state index in [2.05, 4.69) is 43.4 Å². The lowest BCUT2D eigenvalue weighted by Gasteiger charge is -2.29. The molecule has 88 valence electrons. The molecule has 1 aliphatic rings. The van der Waals surface area contributed by atoms with Crippen molar-refractivity contribution < 1.29 is 0 Å². The van der Waals surface area contributed by atoms with E-state index in [0.717, 1.165) is 12.2 Å². The maximum atomic E-state index is 5.94. The molecule has 3 heteroatoms. The zero-order valence-electron chi connectivity index (χ0n) is 9.99. The standard InChI is InChI=1S/C13H20N2S/c1-10-4-3-5-12(6-10)15-13(8-14)7-11(2)16-9-13/h3-6,11,15H,7-9,14H2,1-2H3. The van der Waals surface area contributed by atoms with Gasteiger partial charge in [-0.3, -0.25) is 0 Å². The van der Waals surface area contributed by atoms with Gasteiger partial charge in [0.2, 0.25) is 0 Å². The number of nitrogens with one attached hydrogen (secondary N) is 1. The number of anilines is 1. The van der Waals surface area contributed by atoms with Crippen LogP contribution in [0, 0.1) is 6.92 Å². The molecule has 0 spiro atoms. The molecule has 1 saturated heterocycles. The molecule has 1 aromatic carbocycles. The number of nitrogens with two attached hydrogens (primary N) is 1. The van der Waals surface area contributed by atoms with Crippen LogP contribution in [0.5, 0.6) is 0 Å². The Bertz CT molecular complexity index is 367. The third kappa shape index (κ3) is 2.53. The van der Waals surface area contributed by atoms with E-state index >= 15 is 0 Å². The first-order valence-corrected chi connectivity index (χ1v) is 6.85. The molecule has 2 nitrogen and oxygen atoms in total. The summed E-state index contributed by atoms with van der Waals surface area (Å²) >= 11 is 2.01. The number of hydrogen-bond acceptors (Lipinski definition) is 3. The molecule has 0 saturated carbocycles. The van der Waals surface area contributed by atoms with Gasteiger partial charge in [0.1, 0.15) is 0 Å². The Hall–Kier alpha value is -0.670. The van der Waals surface area contributed by atoms with Gasteiger partial charge < -0.3 is 11.1 Å². The second-order valence-corrected chi connectivity index (χ2v) is 6.23. The number of rotatable bonds is 3. The summed E-state index contributed by atoms with van der Waals surface area (Å²) in [5, 5.41) is 4.34. The fourth-order valence-electron chi connectivity index (χ4n) is 2.28. The van der Waals surface area contributed by atoms with Gasteiger partial charge in [0.25, 0.3) is 0 Å². The van der Waals surface area contributed by atoms with E-state index in [-0.39, 0.29) is 5.54 Å². The van der Waals surface area contributed by atoms with Crippen molar-refractivity contribution in [3.63, 3.8) is 0 Å². The summed E-state index contributed by atoms with van der Waals surface area (Å²) in [4.78, 5) is 0. The molecule has 16 heavy (non-hydrogen) atoms. The van der Waals surface area contributed by atoms with Crippen LogP contribution in [0.4, 0.5) is 5.69 Å². The number of hydrogen-bond donors (Lipinski definition) is 2. The molecule has 0 amide bonds. The lowest BCUT2D eigenvalue weighted by molar-refractivity contribution is 0.513. The first kappa shape index (κ1) is 11.8. The third-order valence-electron chi connectivity index (χ3n) is 3.14. The van der Waals surface area contributed by atoms with Crippen LogP contribution in [0.1, 0.15) is 18.9 Å². The molecule has 1 heterocycles. The molecule has 0 aromatic heterocycles. The van der Waals surface area contributed by atoms with Gasteiger partial charge in [-0.15, -0.1) is 0 Å². The number of aryl methyl sites for hydroxylation is 1. The van der Waals surface area contributed by atoms with Gasteiger partial charge in [-0.1, -0.05) is 19.1 Å². The molecule has 2 rings (SSSR count). The van der Waals surface area contributed by atoms with Crippen molar-refractivity contribution >= 4 is 17.4 Å². The highest BCUT2D eigenvalue weighted by Gasteiger charge is 2.36. The highest BCUT2D eigenvalue weighted by Crippen LogP contribution is 2.36. The predicted molar refractivity (Wildman–Crippen MR) is 73.1 cm³/mol. The van der Waals surface area contributed by atoms with Crippen LogP contribution in [0.15, 0.2) is 24.3 Å². The van der Waals surface area contributed by atoms with Crippen LogP contribution in [0.2, 0.25) is 0 Å². The van der Waals surface area contributed by atoms with Gasteiger partial charge in [-0.2, -0.15) is 11.8 Å². The minimum atomic E-state index is 0.0951. The Balaban J connectivity index is 2.13. The molecular formula is C13H20N2S. The summed E-state index contributed by atoms with van der Waals surface area (Å²) in [6, 6.07) is 8.52. The third-order valence-corrected chi connectivity index (χ3v) is 4.60. The van der Waals surface area contributed by atoms with Crippen LogP contribution < -0.4 is 11.1 Å². The largest absolute Gasteiger partial charge is 0.377 e. The Morgan fingerprint density at radius 3 is 2.94 bits per heavy atom. The zero-order chi connectivity index (χ0) is 11.6. The SMILES string of the molecule is Cc1cccc(NC2(CN)CSC(C)C2)c1. The molecular weight excluding hydrogens is 216 g/mol. The van der Waals surface area contributed by atoms with E-state index in [1.807, 2.05) is 11.8 Å². The zero-order valence-corrected chi connectivity index (χ0v) is 10.8. The molecule has 1 aliphatic heterocycles. The molecule has 2 unspecified atom stereocenters. The topological polar surface area (TPSA) is 38.0 Å². The summed E-state index contributed by atoms with van der Waals surface area (Å²) in [5.74, 6) is 1.11. The molecule has 1 fully saturated rings. The first-order valence-electron chi connectivity index (χ1n) is 5.80. The van der Waals surface area contributed by atoms with Gasteiger partial charge in [0.05, 0.1) is 5.54 Å². The minimum Gasteiger partial charge on any atom is -0.377 e. The van der Waals surface area contributed by atoms with E-state index in [0.29, 0.717) is 11.8 Å². The van der Waals surface area contributed by atoms with Gasteiger partial charge in [-0.25, -0.2) is 0 Å². The number of benzene rings is 1. The molecule has 3 N–H and O–H groups in total. The monoisotopic (exact) mass is 236 g/mol. The molecule has 2 atom stereocenters. The summed E-state index contributed by atoms with van der Waals surface area (Å²) in [5.41, 5.74) is 8.52. The van der Waals surface area contributed by atoms with Crippen LogP contribution in [-0.2, 0) is 0 Å². The summed E-state index contributed by atoms with van der Waals surface area (Å²) < 4.78 is 0. The van der Waals surface area contributed by atoms with Crippen molar-refractivity contribution in [1.82, 2.24) is 0 Å². The predicted octanol–water partition coefficient (Wildman–Crippen LogP) is 2.63. The second kappa shape index (κ2) is 4.68. The maximum absolute atomic E-state index is 5.94. The molecule has 0 radical (unpaired) electrons. The lowest BCUT2D eigenvalue weighted by Crippen LogP contribution is -2.45. The van der Waals surface area contributed by atoms with Crippen molar-refractivity contribution in [3.8, 4) is 0 Å². The molecule has 1 aromatic rings. The fraction of sp³-hybridized carbons (Fsp3) is 0.538. The van der Waals surface area contributed by atoms with Gasteiger partial charge >= 0.3 is 0 Å². The quantitative estimate of drug-likeness (QED) is 0.847. The van der Waals surface area contributed by atoms with Crippen LogP contribution >= 0.6 is 11.8 Å². The van der Waals surface area contributed by atoms with Crippen LogP contribution in [0.3, 0.4) is 0 Å². The first-order chi connectivity index (χ1) is 7.63. The van der Waals surface area contributed by atoms with Crippen molar-refractivity contribution in [1.29, 1.82) is 0 Å². The fourth-order valence-corrected chi connectivity index (χ4v) is 3.63. The Kier molecular flexibility index (Phi) is 3.45. The van der Waals surface area contributed by atoms with Crippen molar-refractivity contribution in [2.24, 2.45) is 5.73 Å². The Morgan fingerprint density at radius 2 is 2.38 bits per heavy atom. The average molecular weight is 236 g/mol. The van der Waals surface area contributed by atoms with Crippen molar-refractivity contribution in [2.75, 3.05) is 17.6 Å². The lowest BCUT2D eigenvalue weighted by atomic mass is 9.96. The van der Waals surface area contributed by atoms with E-state index in [4.69, 9.17) is 5.73 Å². The smallest absolute Gasteiger partial charge is 0.0596 e. The molecule has 0 aliphatic carbocycles. The van der Waals surface area contributed by atoms with E-state index in [1.165, 1.54) is 11.3 Å². The van der Waals surface area contributed by atoms with Gasteiger partial charge in [0.15, 0.2) is 0 Å². The van der Waals surface area contributed by atoms with E-state index in [9.17, 15) is 0 Å². The minimum absolute atomic E-state index is 0.0951. The highest BCUT2D eigenvalue weighted by atomic mass is 32.2. The Labute approximate surface area is 102 Å². The second-order valence-electron chi connectivity index (χ2n) is 4.80. The van der Waals surface area contributed by atoms with Crippen LogP contribution in [0.25, 0.3) is 0 Å². The van der Waals surface area contributed by atoms with Gasteiger partial charge in [0, 0.05) is 23.2 Å². The maximum Gasteiger partial charge on any atom is 0.0596 e. The van der Waals surface area contributed by atoms with E-state index < -0.39 is 0 Å². The highest BCUT2D eigenvalue weighted by molar-refractivity contribution is 8.00. The average Bonchev–Trinajstić information content (AvgIpc) is 2.61. The summed E-state index contributed by atoms with van der Waals surface area (Å²) in [6.07, 6.45) is 1.15.